The predicted molar refractivity (Wildman–Crippen MR) is 115 cm³/mol. The minimum atomic E-state index is -0.444. The van der Waals surface area contributed by atoms with Gasteiger partial charge in [-0.1, -0.05) is 24.3 Å². The van der Waals surface area contributed by atoms with Gasteiger partial charge in [0, 0.05) is 24.8 Å². The summed E-state index contributed by atoms with van der Waals surface area (Å²) >= 11 is 0. The van der Waals surface area contributed by atoms with Crippen LogP contribution in [0.1, 0.15) is 40.5 Å². The molecule has 2 aromatic carbocycles. The van der Waals surface area contributed by atoms with Crippen LogP contribution in [0.15, 0.2) is 72.9 Å². The van der Waals surface area contributed by atoms with E-state index in [4.69, 9.17) is 0 Å². The number of amides is 1. The van der Waals surface area contributed by atoms with E-state index in [0.29, 0.717) is 6.54 Å². The number of nitrogens with one attached hydrogen (secondary N) is 1. The molecule has 160 valence electrons. The Hall–Kier alpha value is -3.12. The van der Waals surface area contributed by atoms with Gasteiger partial charge in [0.15, 0.2) is 0 Å². The molecule has 4 rings (SSSR count). The Morgan fingerprint density at radius 3 is 2.61 bits per heavy atom. The first kappa shape index (κ1) is 21.1. The highest BCUT2D eigenvalue weighted by Gasteiger charge is 2.30. The maximum absolute atomic E-state index is 13.6. The normalized spacial score (nSPS) is 17.8. The van der Waals surface area contributed by atoms with Crippen LogP contribution in [0, 0.1) is 17.6 Å². The Balaban J connectivity index is 1.52. The summed E-state index contributed by atoms with van der Waals surface area (Å²) in [5, 5.41) is 3.09. The highest BCUT2D eigenvalue weighted by Crippen LogP contribution is 2.30. The maximum atomic E-state index is 13.6. The smallest absolute Gasteiger partial charge is 0.251 e. The number of benzene rings is 2. The van der Waals surface area contributed by atoms with Gasteiger partial charge in [-0.3, -0.25) is 14.7 Å². The summed E-state index contributed by atoms with van der Waals surface area (Å²) in [7, 11) is 0. The number of nitrogens with zero attached hydrogens (tertiary/aromatic N) is 2. The lowest BCUT2D eigenvalue weighted by atomic mass is 9.88. The van der Waals surface area contributed by atoms with Crippen molar-refractivity contribution in [3.05, 3.63) is 101 Å². The number of carbonyl (C=O) groups excluding carboxylic acids is 1. The van der Waals surface area contributed by atoms with Gasteiger partial charge in [-0.25, -0.2) is 8.78 Å². The molecule has 1 amide bonds. The van der Waals surface area contributed by atoms with Crippen molar-refractivity contribution in [1.82, 2.24) is 15.2 Å². The zero-order chi connectivity index (χ0) is 21.6. The molecule has 1 aliphatic rings. The van der Waals surface area contributed by atoms with E-state index in [1.165, 1.54) is 24.3 Å². The second-order valence-corrected chi connectivity index (χ2v) is 7.98. The van der Waals surface area contributed by atoms with Crippen LogP contribution >= 0.6 is 0 Å². The van der Waals surface area contributed by atoms with Crippen molar-refractivity contribution in [2.45, 2.75) is 25.4 Å². The number of rotatable bonds is 6. The summed E-state index contributed by atoms with van der Waals surface area (Å²) in [6, 6.07) is 17.7. The molecule has 4 nitrogen and oxygen atoms in total. The molecule has 0 aliphatic carbocycles. The molecule has 0 radical (unpaired) electrons. The highest BCUT2D eigenvalue weighted by atomic mass is 19.1. The third-order valence-corrected chi connectivity index (χ3v) is 5.69. The summed E-state index contributed by atoms with van der Waals surface area (Å²) in [5.41, 5.74) is 2.00. The van der Waals surface area contributed by atoms with Crippen LogP contribution in [0.3, 0.4) is 0 Å². The summed E-state index contributed by atoms with van der Waals surface area (Å²) in [5.74, 6) is -0.868. The van der Waals surface area contributed by atoms with Crippen molar-refractivity contribution in [3.8, 4) is 0 Å². The fourth-order valence-corrected chi connectivity index (χ4v) is 4.25. The lowest BCUT2D eigenvalue weighted by molar-refractivity contribution is 0.0874. The molecule has 1 N–H and O–H groups in total. The van der Waals surface area contributed by atoms with Gasteiger partial charge in [0.1, 0.15) is 11.6 Å². The topological polar surface area (TPSA) is 45.2 Å². The molecule has 31 heavy (non-hydrogen) atoms. The molecule has 0 saturated carbocycles. The number of pyridine rings is 1. The first-order chi connectivity index (χ1) is 15.1. The van der Waals surface area contributed by atoms with Crippen molar-refractivity contribution in [2.24, 2.45) is 5.92 Å². The number of hydrogen-bond acceptors (Lipinski definition) is 3. The average Bonchev–Trinajstić information content (AvgIpc) is 2.78. The van der Waals surface area contributed by atoms with Crippen molar-refractivity contribution in [3.63, 3.8) is 0 Å². The summed E-state index contributed by atoms with van der Waals surface area (Å²) in [6.07, 6.45) is 3.62. The Morgan fingerprint density at radius 2 is 1.87 bits per heavy atom. The fourth-order valence-electron chi connectivity index (χ4n) is 4.25. The largest absolute Gasteiger partial charge is 0.343 e. The van der Waals surface area contributed by atoms with Crippen LogP contribution in [0.25, 0.3) is 0 Å². The van der Waals surface area contributed by atoms with Crippen LogP contribution < -0.4 is 5.32 Å². The second-order valence-electron chi connectivity index (χ2n) is 7.98. The number of hydrogen-bond donors (Lipinski definition) is 1. The molecular formula is C25H25F2N3O. The van der Waals surface area contributed by atoms with Gasteiger partial charge in [-0.2, -0.15) is 0 Å². The molecule has 0 bridgehead atoms. The number of aromatic nitrogens is 1. The molecule has 2 atom stereocenters. The summed E-state index contributed by atoms with van der Waals surface area (Å²) < 4.78 is 27.2. The van der Waals surface area contributed by atoms with Gasteiger partial charge in [0.25, 0.3) is 5.91 Å². The third-order valence-electron chi connectivity index (χ3n) is 5.69. The van der Waals surface area contributed by atoms with E-state index in [0.717, 1.165) is 37.2 Å². The first-order valence-corrected chi connectivity index (χ1v) is 10.5. The summed E-state index contributed by atoms with van der Waals surface area (Å²) in [4.78, 5) is 19.6. The molecule has 1 saturated heterocycles. The Labute approximate surface area is 180 Å². The van der Waals surface area contributed by atoms with Crippen LogP contribution in [0.5, 0.6) is 0 Å². The minimum Gasteiger partial charge on any atom is -0.343 e. The van der Waals surface area contributed by atoms with Gasteiger partial charge in [-0.15, -0.1) is 0 Å². The van der Waals surface area contributed by atoms with Gasteiger partial charge >= 0.3 is 0 Å². The lowest BCUT2D eigenvalue weighted by Crippen LogP contribution is -2.43. The third kappa shape index (κ3) is 5.52. The number of halogens is 2. The molecular weight excluding hydrogens is 396 g/mol. The quantitative estimate of drug-likeness (QED) is 0.625. The second kappa shape index (κ2) is 9.79. The van der Waals surface area contributed by atoms with Gasteiger partial charge < -0.3 is 5.32 Å². The first-order valence-electron chi connectivity index (χ1n) is 10.5. The SMILES string of the molecule is O=C(N[C@@H](c1ccccn1)[C@H]1CCCN(Cc2cccc(F)c2)C1)c1cccc(F)c1. The zero-order valence-electron chi connectivity index (χ0n) is 17.2. The predicted octanol–water partition coefficient (Wildman–Crippen LogP) is 4.74. The average molecular weight is 421 g/mol. The summed E-state index contributed by atoms with van der Waals surface area (Å²) in [6.45, 7) is 2.32. The zero-order valence-corrected chi connectivity index (χ0v) is 17.2. The standard InChI is InChI=1S/C25H25F2N3O/c26-21-9-3-6-18(14-21)16-30-13-5-8-20(17-30)24(23-11-1-2-12-28-23)29-25(31)19-7-4-10-22(27)15-19/h1-4,6-7,9-12,14-15,20,24H,5,8,13,16-17H2,(H,29,31)/t20-,24+/m0/s1. The van der Waals surface area contributed by atoms with Gasteiger partial charge in [0.2, 0.25) is 0 Å². The van der Waals surface area contributed by atoms with Crippen LogP contribution in [-0.2, 0) is 6.54 Å². The number of piperidine rings is 1. The monoisotopic (exact) mass is 421 g/mol. The van der Waals surface area contributed by atoms with Gasteiger partial charge in [-0.05, 0) is 73.3 Å². The Morgan fingerprint density at radius 1 is 1.06 bits per heavy atom. The molecule has 0 spiro atoms. The van der Waals surface area contributed by atoms with Gasteiger partial charge in [0.05, 0.1) is 11.7 Å². The molecule has 0 unspecified atom stereocenters. The van der Waals surface area contributed by atoms with Crippen LogP contribution in [-0.4, -0.2) is 28.9 Å². The Bertz CT molecular complexity index is 1030. The lowest BCUT2D eigenvalue weighted by Gasteiger charge is -2.37. The van der Waals surface area contributed by atoms with Crippen LogP contribution in [0.2, 0.25) is 0 Å². The minimum absolute atomic E-state index is 0.134. The number of carbonyl (C=O) groups is 1. The van der Waals surface area contributed by atoms with Crippen molar-refractivity contribution < 1.29 is 13.6 Å². The van der Waals surface area contributed by atoms with E-state index < -0.39 is 5.82 Å². The van der Waals surface area contributed by atoms with E-state index in [2.05, 4.69) is 15.2 Å². The van der Waals surface area contributed by atoms with E-state index in [9.17, 15) is 13.6 Å². The molecule has 3 aromatic rings. The van der Waals surface area contributed by atoms with E-state index in [1.54, 1.807) is 24.4 Å². The molecule has 1 fully saturated rings. The van der Waals surface area contributed by atoms with Crippen molar-refractivity contribution in [1.29, 1.82) is 0 Å². The fraction of sp³-hybridized carbons (Fsp3) is 0.280. The van der Waals surface area contributed by atoms with E-state index in [-0.39, 0.29) is 29.2 Å². The van der Waals surface area contributed by atoms with Crippen molar-refractivity contribution in [2.75, 3.05) is 13.1 Å². The van der Waals surface area contributed by atoms with E-state index in [1.807, 2.05) is 24.3 Å². The molecule has 1 aromatic heterocycles. The maximum Gasteiger partial charge on any atom is 0.251 e. The highest BCUT2D eigenvalue weighted by molar-refractivity contribution is 5.94. The molecule has 2 heterocycles. The molecule has 6 heteroatoms. The van der Waals surface area contributed by atoms with Crippen molar-refractivity contribution >= 4 is 5.91 Å². The number of likely N-dealkylation sites (tertiary alicyclic amines) is 1. The van der Waals surface area contributed by atoms with E-state index >= 15 is 0 Å². The molecule has 1 aliphatic heterocycles. The Kier molecular flexibility index (Phi) is 6.67. The van der Waals surface area contributed by atoms with Crippen LogP contribution in [0.4, 0.5) is 8.78 Å².